The molecule has 0 spiro atoms. The third-order valence-electron chi connectivity index (χ3n) is 5.98. The Labute approximate surface area is 220 Å². The van der Waals surface area contributed by atoms with Crippen LogP contribution in [0.5, 0.6) is 11.5 Å². The van der Waals surface area contributed by atoms with E-state index in [2.05, 4.69) is 4.98 Å². The maximum Gasteiger partial charge on any atom is 0.433 e. The molecular weight excluding hydrogens is 529 g/mol. The largest absolute Gasteiger partial charge is 0.497 e. The lowest BCUT2D eigenvalue weighted by molar-refractivity contribution is -0.149. The normalized spacial score (nSPS) is 17.5. The molecule has 2 heterocycles. The van der Waals surface area contributed by atoms with E-state index in [9.17, 15) is 27.9 Å². The van der Waals surface area contributed by atoms with Crippen molar-refractivity contribution in [3.8, 4) is 11.5 Å². The zero-order valence-corrected chi connectivity index (χ0v) is 20.9. The molecule has 2 aromatic carbocycles. The smallest absolute Gasteiger partial charge is 0.433 e. The van der Waals surface area contributed by atoms with Crippen LogP contribution in [0.15, 0.2) is 54.7 Å². The van der Waals surface area contributed by atoms with Gasteiger partial charge in [-0.15, -0.1) is 0 Å². The minimum absolute atomic E-state index is 0.105. The molecule has 4 rings (SSSR count). The van der Waals surface area contributed by atoms with E-state index in [1.807, 2.05) is 0 Å². The number of carboxylic acid groups (broad SMARTS) is 1. The number of fused-ring (bicyclic) bond motifs is 1. The van der Waals surface area contributed by atoms with Crippen LogP contribution in [0.2, 0.25) is 5.02 Å². The van der Waals surface area contributed by atoms with E-state index in [1.54, 1.807) is 18.2 Å². The van der Waals surface area contributed by atoms with E-state index < -0.39 is 42.4 Å². The number of hydrogen-bond donors (Lipinski definition) is 1. The molecule has 0 fully saturated rings. The van der Waals surface area contributed by atoms with Crippen LogP contribution in [-0.2, 0) is 27.0 Å². The third-order valence-corrected chi connectivity index (χ3v) is 6.21. The maximum absolute atomic E-state index is 13.9. The first kappa shape index (κ1) is 27.2. The number of rotatable bonds is 7. The van der Waals surface area contributed by atoms with Gasteiger partial charge in [0.15, 0.2) is 5.69 Å². The summed E-state index contributed by atoms with van der Waals surface area (Å²) in [6.45, 7) is -0.105. The maximum atomic E-state index is 13.9. The van der Waals surface area contributed by atoms with Crippen molar-refractivity contribution < 1.29 is 42.1 Å². The molecule has 1 aliphatic heterocycles. The SMILES string of the molecule is COc1ccc(CN2C(=O)[C@@H](CC(=O)O)O[C@H](c3cccnc3C(F)(F)F)c3cc(Cl)ccc32)c(OC)c1. The van der Waals surface area contributed by atoms with Gasteiger partial charge in [-0.2, -0.15) is 13.2 Å². The lowest BCUT2D eigenvalue weighted by atomic mass is 9.97. The van der Waals surface area contributed by atoms with Crippen LogP contribution in [0.3, 0.4) is 0 Å². The Balaban J connectivity index is 1.92. The molecule has 0 bridgehead atoms. The highest BCUT2D eigenvalue weighted by Crippen LogP contribution is 2.44. The van der Waals surface area contributed by atoms with E-state index in [1.165, 1.54) is 49.5 Å². The van der Waals surface area contributed by atoms with Crippen LogP contribution < -0.4 is 14.4 Å². The lowest BCUT2D eigenvalue weighted by Gasteiger charge is -2.26. The first-order valence-electron chi connectivity index (χ1n) is 11.2. The minimum atomic E-state index is -4.84. The van der Waals surface area contributed by atoms with Crippen LogP contribution >= 0.6 is 11.6 Å². The van der Waals surface area contributed by atoms with E-state index >= 15 is 0 Å². The van der Waals surface area contributed by atoms with Gasteiger partial charge >= 0.3 is 12.1 Å². The van der Waals surface area contributed by atoms with Gasteiger partial charge in [-0.05, 0) is 36.4 Å². The number of carboxylic acids is 1. The van der Waals surface area contributed by atoms with E-state index in [-0.39, 0.29) is 28.4 Å². The minimum Gasteiger partial charge on any atom is -0.497 e. The van der Waals surface area contributed by atoms with Crippen LogP contribution in [0.25, 0.3) is 0 Å². The number of halogens is 4. The van der Waals surface area contributed by atoms with Crippen molar-refractivity contribution in [1.29, 1.82) is 0 Å². The van der Waals surface area contributed by atoms with Gasteiger partial charge in [-0.25, -0.2) is 0 Å². The fourth-order valence-electron chi connectivity index (χ4n) is 4.29. The molecule has 38 heavy (non-hydrogen) atoms. The predicted octanol–water partition coefficient (Wildman–Crippen LogP) is 5.27. The van der Waals surface area contributed by atoms with Crippen LogP contribution in [-0.4, -0.2) is 42.3 Å². The standard InChI is InChI=1S/C26H22ClF3N2O6/c1-36-16-7-5-14(20(11-16)37-2)13-32-19-8-6-15(27)10-18(19)23(38-21(25(32)35)12-22(33)34)17-4-3-9-31-24(17)26(28,29)30/h3-11,21,23H,12-13H2,1-2H3,(H,33,34)/t21-,23-/m1/s1. The number of carbonyl (C=O) groups excluding carboxylic acids is 1. The van der Waals surface area contributed by atoms with Crippen LogP contribution in [0, 0.1) is 0 Å². The molecule has 3 aromatic rings. The molecular formula is C26H22ClF3N2O6. The summed E-state index contributed by atoms with van der Waals surface area (Å²) in [5.74, 6) is -1.23. The van der Waals surface area contributed by atoms with Crippen molar-refractivity contribution in [2.24, 2.45) is 0 Å². The number of methoxy groups -OCH3 is 2. The second kappa shape index (κ2) is 10.9. The van der Waals surface area contributed by atoms with Crippen molar-refractivity contribution in [3.63, 3.8) is 0 Å². The van der Waals surface area contributed by atoms with Crippen LogP contribution in [0.1, 0.15) is 34.9 Å². The second-order valence-corrected chi connectivity index (χ2v) is 8.78. The van der Waals surface area contributed by atoms with Gasteiger partial charge in [0.25, 0.3) is 5.91 Å². The molecule has 0 unspecified atom stereocenters. The van der Waals surface area contributed by atoms with Gasteiger partial charge in [0.2, 0.25) is 0 Å². The fraction of sp³-hybridized carbons (Fsp3) is 0.269. The average molecular weight is 551 g/mol. The molecule has 12 heteroatoms. The number of pyridine rings is 1. The van der Waals surface area contributed by atoms with Gasteiger partial charge < -0.3 is 24.2 Å². The number of ether oxygens (including phenoxy) is 3. The van der Waals surface area contributed by atoms with Crippen molar-refractivity contribution in [2.45, 2.75) is 31.3 Å². The predicted molar refractivity (Wildman–Crippen MR) is 130 cm³/mol. The number of alkyl halides is 3. The Kier molecular flexibility index (Phi) is 7.79. The van der Waals surface area contributed by atoms with Gasteiger partial charge in [0.1, 0.15) is 23.7 Å². The zero-order chi connectivity index (χ0) is 27.6. The number of hydrogen-bond acceptors (Lipinski definition) is 6. The Morgan fingerprint density at radius 3 is 2.55 bits per heavy atom. The monoisotopic (exact) mass is 550 g/mol. The molecule has 1 amide bonds. The summed E-state index contributed by atoms with van der Waals surface area (Å²) >= 11 is 6.23. The zero-order valence-electron chi connectivity index (χ0n) is 20.2. The lowest BCUT2D eigenvalue weighted by Crippen LogP contribution is -2.40. The number of benzene rings is 2. The third kappa shape index (κ3) is 5.53. The van der Waals surface area contributed by atoms with E-state index in [0.717, 1.165) is 6.20 Å². The van der Waals surface area contributed by atoms with Crippen molar-refractivity contribution in [1.82, 2.24) is 4.98 Å². The van der Waals surface area contributed by atoms with Gasteiger partial charge in [0, 0.05) is 34.0 Å². The van der Waals surface area contributed by atoms with Crippen LogP contribution in [0.4, 0.5) is 18.9 Å². The molecule has 1 aliphatic rings. The summed E-state index contributed by atoms with van der Waals surface area (Å²) in [5.41, 5.74) is -0.720. The number of nitrogens with zero attached hydrogens (tertiary/aromatic N) is 2. The number of anilines is 1. The van der Waals surface area contributed by atoms with Gasteiger partial charge in [-0.1, -0.05) is 17.7 Å². The van der Waals surface area contributed by atoms with Crippen molar-refractivity contribution in [2.75, 3.05) is 19.1 Å². The van der Waals surface area contributed by atoms with E-state index in [0.29, 0.717) is 17.1 Å². The average Bonchev–Trinajstić information content (AvgIpc) is 2.98. The number of aromatic nitrogens is 1. The summed E-state index contributed by atoms with van der Waals surface area (Å²) < 4.78 is 58.3. The highest BCUT2D eigenvalue weighted by molar-refractivity contribution is 6.30. The molecule has 200 valence electrons. The summed E-state index contributed by atoms with van der Waals surface area (Å²) in [5, 5.41) is 9.68. The molecule has 1 aromatic heterocycles. The topological polar surface area (TPSA) is 98.2 Å². The summed E-state index contributed by atoms with van der Waals surface area (Å²) in [7, 11) is 2.91. The molecule has 0 saturated heterocycles. The molecule has 2 atom stereocenters. The molecule has 8 nitrogen and oxygen atoms in total. The highest BCUT2D eigenvalue weighted by Gasteiger charge is 2.43. The molecule has 0 aliphatic carbocycles. The van der Waals surface area contributed by atoms with Gasteiger partial charge in [0.05, 0.1) is 32.9 Å². The Morgan fingerprint density at radius 2 is 1.89 bits per heavy atom. The quantitative estimate of drug-likeness (QED) is 0.428. The first-order valence-corrected chi connectivity index (χ1v) is 11.6. The number of aliphatic carboxylic acids is 1. The molecule has 0 saturated carbocycles. The van der Waals surface area contributed by atoms with E-state index in [4.69, 9.17) is 25.8 Å². The van der Waals surface area contributed by atoms with Crippen molar-refractivity contribution >= 4 is 29.2 Å². The Bertz CT molecular complexity index is 1370. The Hall–Kier alpha value is -3.83. The number of carbonyl (C=O) groups is 2. The van der Waals surface area contributed by atoms with Crippen molar-refractivity contribution in [3.05, 3.63) is 82.1 Å². The summed E-state index contributed by atoms with van der Waals surface area (Å²) in [4.78, 5) is 30.1. The summed E-state index contributed by atoms with van der Waals surface area (Å²) in [6.07, 6.45) is -7.74. The Morgan fingerprint density at radius 1 is 1.13 bits per heavy atom. The highest BCUT2D eigenvalue weighted by atomic mass is 35.5. The molecule has 1 N–H and O–H groups in total. The van der Waals surface area contributed by atoms with Gasteiger partial charge in [-0.3, -0.25) is 14.6 Å². The first-order chi connectivity index (χ1) is 18.0. The second-order valence-electron chi connectivity index (χ2n) is 8.35. The molecule has 0 radical (unpaired) electrons. The number of amides is 1. The fourth-order valence-corrected chi connectivity index (χ4v) is 4.47. The summed E-state index contributed by atoms with van der Waals surface area (Å²) in [6, 6.07) is 11.8.